The molecular weight excluding hydrogens is 260 g/mol. The van der Waals surface area contributed by atoms with E-state index in [-0.39, 0.29) is 12.4 Å². The van der Waals surface area contributed by atoms with Gasteiger partial charge in [0.2, 0.25) is 0 Å². The summed E-state index contributed by atoms with van der Waals surface area (Å²) in [5, 5.41) is 0. The van der Waals surface area contributed by atoms with Crippen LogP contribution in [0.1, 0.15) is 11.1 Å². The number of fused-ring (bicyclic) bond motifs is 3. The maximum absolute atomic E-state index is 10.6. The van der Waals surface area contributed by atoms with Crippen LogP contribution in [0.3, 0.4) is 0 Å². The highest BCUT2D eigenvalue weighted by atomic mass is 32.2. The third kappa shape index (κ3) is 2.55. The summed E-state index contributed by atoms with van der Waals surface area (Å²) in [4.78, 5) is 0. The molecule has 1 N–H and O–H groups in total. The molecule has 0 amide bonds. The molecule has 4 heteroatoms. The summed E-state index contributed by atoms with van der Waals surface area (Å²) < 4.78 is 24.7. The van der Waals surface area contributed by atoms with Crippen molar-refractivity contribution in [3.63, 3.8) is 0 Å². The predicted octanol–water partition coefficient (Wildman–Crippen LogP) is 2.86. The van der Waals surface area contributed by atoms with Crippen LogP contribution in [-0.4, -0.2) is 21.1 Å². The lowest BCUT2D eigenvalue weighted by molar-refractivity contribution is 0.340. The van der Waals surface area contributed by atoms with Crippen LogP contribution in [0.4, 0.5) is 0 Å². The van der Waals surface area contributed by atoms with E-state index in [1.807, 2.05) is 12.1 Å². The van der Waals surface area contributed by atoms with E-state index in [1.54, 1.807) is 0 Å². The molecule has 0 aliphatic heterocycles. The minimum atomic E-state index is -1.80. The van der Waals surface area contributed by atoms with Crippen LogP contribution in [0.15, 0.2) is 42.5 Å². The van der Waals surface area contributed by atoms with E-state index >= 15 is 0 Å². The van der Waals surface area contributed by atoms with Crippen LogP contribution < -0.4 is 4.74 Å². The van der Waals surface area contributed by atoms with Crippen molar-refractivity contribution in [3.05, 3.63) is 53.6 Å². The highest BCUT2D eigenvalue weighted by Gasteiger charge is 2.17. The molecule has 0 bridgehead atoms. The Morgan fingerprint density at radius 3 is 2.74 bits per heavy atom. The molecule has 98 valence electrons. The Labute approximate surface area is 114 Å². The van der Waals surface area contributed by atoms with Crippen LogP contribution >= 0.6 is 0 Å². The zero-order chi connectivity index (χ0) is 13.2. The van der Waals surface area contributed by atoms with Crippen molar-refractivity contribution >= 4 is 11.1 Å². The van der Waals surface area contributed by atoms with E-state index in [2.05, 4.69) is 30.3 Å². The molecule has 2 aromatic rings. The Hall–Kier alpha value is -1.65. The van der Waals surface area contributed by atoms with Gasteiger partial charge in [-0.1, -0.05) is 30.3 Å². The van der Waals surface area contributed by atoms with E-state index in [4.69, 9.17) is 9.29 Å². The second kappa shape index (κ2) is 5.15. The summed E-state index contributed by atoms with van der Waals surface area (Å²) in [6, 6.07) is 14.4. The van der Waals surface area contributed by atoms with Crippen LogP contribution in [0.2, 0.25) is 0 Å². The summed E-state index contributed by atoms with van der Waals surface area (Å²) in [7, 11) is 0. The zero-order valence-corrected chi connectivity index (χ0v) is 11.2. The van der Waals surface area contributed by atoms with Gasteiger partial charge in [-0.15, -0.1) is 0 Å². The van der Waals surface area contributed by atoms with Gasteiger partial charge in [-0.3, -0.25) is 0 Å². The summed E-state index contributed by atoms with van der Waals surface area (Å²) in [6.45, 7) is 0.259. The molecule has 0 spiro atoms. The topological polar surface area (TPSA) is 46.5 Å². The van der Waals surface area contributed by atoms with Gasteiger partial charge in [0.1, 0.15) is 12.4 Å². The quantitative estimate of drug-likeness (QED) is 0.744. The number of benzene rings is 2. The van der Waals surface area contributed by atoms with E-state index < -0.39 is 11.1 Å². The Morgan fingerprint density at radius 1 is 1.11 bits per heavy atom. The SMILES string of the molecule is O=S(O)CCOc1ccc2c(c1)Cc1ccccc1-2. The van der Waals surface area contributed by atoms with E-state index in [0.717, 1.165) is 12.2 Å². The van der Waals surface area contributed by atoms with Gasteiger partial charge in [-0.2, -0.15) is 0 Å². The Bertz CT molecular complexity index is 637. The molecule has 0 heterocycles. The lowest BCUT2D eigenvalue weighted by Crippen LogP contribution is -2.07. The van der Waals surface area contributed by atoms with Crippen molar-refractivity contribution in [3.8, 4) is 16.9 Å². The number of hydrogen-bond donors (Lipinski definition) is 1. The highest BCUT2D eigenvalue weighted by molar-refractivity contribution is 7.79. The minimum absolute atomic E-state index is 0.136. The molecule has 0 radical (unpaired) electrons. The first-order valence-corrected chi connectivity index (χ1v) is 7.43. The smallest absolute Gasteiger partial charge is 0.156 e. The largest absolute Gasteiger partial charge is 0.493 e. The fourth-order valence-corrected chi connectivity index (χ4v) is 2.67. The zero-order valence-electron chi connectivity index (χ0n) is 10.3. The molecule has 1 atom stereocenters. The van der Waals surface area contributed by atoms with Gasteiger partial charge in [0, 0.05) is 0 Å². The molecule has 1 aliphatic carbocycles. The summed E-state index contributed by atoms with van der Waals surface area (Å²) >= 11 is -1.80. The fraction of sp³-hybridized carbons (Fsp3) is 0.200. The summed E-state index contributed by atoms with van der Waals surface area (Å²) in [6.07, 6.45) is 0.925. The van der Waals surface area contributed by atoms with Gasteiger partial charge < -0.3 is 9.29 Å². The van der Waals surface area contributed by atoms with E-state index in [1.165, 1.54) is 22.3 Å². The van der Waals surface area contributed by atoms with Crippen LogP contribution in [0.5, 0.6) is 5.75 Å². The third-order valence-corrected chi connectivity index (χ3v) is 3.81. The Morgan fingerprint density at radius 2 is 1.89 bits per heavy atom. The molecular formula is C15H14O3S. The molecule has 19 heavy (non-hydrogen) atoms. The molecule has 0 fully saturated rings. The fourth-order valence-electron chi connectivity index (χ4n) is 2.44. The summed E-state index contributed by atoms with van der Waals surface area (Å²) in [5.41, 5.74) is 5.14. The average molecular weight is 274 g/mol. The van der Waals surface area contributed by atoms with Crippen LogP contribution in [-0.2, 0) is 17.5 Å². The van der Waals surface area contributed by atoms with Crippen molar-refractivity contribution in [2.45, 2.75) is 6.42 Å². The Kier molecular flexibility index (Phi) is 3.36. The van der Waals surface area contributed by atoms with Gasteiger partial charge >= 0.3 is 0 Å². The standard InChI is InChI=1S/C15H14O3S/c16-19(17)8-7-18-13-5-6-15-12(10-13)9-11-3-1-2-4-14(11)15/h1-6,10H,7-9H2,(H,16,17). The summed E-state index contributed by atoms with van der Waals surface area (Å²) in [5.74, 6) is 0.897. The van der Waals surface area contributed by atoms with Gasteiger partial charge in [0.15, 0.2) is 11.1 Å². The molecule has 0 saturated carbocycles. The van der Waals surface area contributed by atoms with Crippen molar-refractivity contribution in [1.82, 2.24) is 0 Å². The predicted molar refractivity (Wildman–Crippen MR) is 75.8 cm³/mol. The monoisotopic (exact) mass is 274 g/mol. The van der Waals surface area contributed by atoms with Crippen molar-refractivity contribution in [2.75, 3.05) is 12.4 Å². The minimum Gasteiger partial charge on any atom is -0.493 e. The number of rotatable bonds is 4. The highest BCUT2D eigenvalue weighted by Crippen LogP contribution is 2.37. The van der Waals surface area contributed by atoms with Crippen LogP contribution in [0.25, 0.3) is 11.1 Å². The average Bonchev–Trinajstić information content (AvgIpc) is 2.76. The van der Waals surface area contributed by atoms with Gasteiger partial charge in [-0.05, 0) is 40.8 Å². The molecule has 3 rings (SSSR count). The first-order valence-electron chi connectivity index (χ1n) is 6.15. The molecule has 0 aromatic heterocycles. The van der Waals surface area contributed by atoms with Crippen molar-refractivity contribution in [2.24, 2.45) is 0 Å². The lowest BCUT2D eigenvalue weighted by Gasteiger charge is -2.07. The van der Waals surface area contributed by atoms with Gasteiger partial charge in [0.05, 0.1) is 5.75 Å². The first kappa shape index (κ1) is 12.4. The first-order chi connectivity index (χ1) is 9.24. The van der Waals surface area contributed by atoms with E-state index in [9.17, 15) is 4.21 Å². The van der Waals surface area contributed by atoms with E-state index in [0.29, 0.717) is 0 Å². The second-order valence-electron chi connectivity index (χ2n) is 4.53. The molecule has 0 saturated heterocycles. The second-order valence-corrected chi connectivity index (χ2v) is 5.58. The normalized spacial score (nSPS) is 13.7. The third-order valence-electron chi connectivity index (χ3n) is 3.29. The molecule has 1 aliphatic rings. The maximum atomic E-state index is 10.6. The Balaban J connectivity index is 1.79. The van der Waals surface area contributed by atoms with Gasteiger partial charge in [0.25, 0.3) is 0 Å². The molecule has 3 nitrogen and oxygen atoms in total. The number of ether oxygens (including phenoxy) is 1. The van der Waals surface area contributed by atoms with Gasteiger partial charge in [-0.25, -0.2) is 4.21 Å². The lowest BCUT2D eigenvalue weighted by atomic mass is 10.1. The molecule has 1 unspecified atom stereocenters. The van der Waals surface area contributed by atoms with Crippen LogP contribution in [0, 0.1) is 0 Å². The maximum Gasteiger partial charge on any atom is 0.156 e. The van der Waals surface area contributed by atoms with Crippen molar-refractivity contribution < 1.29 is 13.5 Å². The molecule has 2 aromatic carbocycles. The van der Waals surface area contributed by atoms with Crippen molar-refractivity contribution in [1.29, 1.82) is 0 Å². The number of hydrogen-bond acceptors (Lipinski definition) is 2.